The topological polar surface area (TPSA) is 81.7 Å². The van der Waals surface area contributed by atoms with Gasteiger partial charge in [-0.05, 0) is 56.7 Å². The average molecular weight is 355 g/mol. The SMILES string of the molecule is CC(=O)c1ccc(NC(=O)C(C)OC(=O)COc2ccccc2C)cc1. The number of nitrogens with one attached hydrogen (secondary N) is 1. The van der Waals surface area contributed by atoms with Crippen LogP contribution in [0.15, 0.2) is 48.5 Å². The van der Waals surface area contributed by atoms with Crippen LogP contribution in [-0.2, 0) is 14.3 Å². The third-order valence-electron chi connectivity index (χ3n) is 3.68. The maximum Gasteiger partial charge on any atom is 0.344 e. The highest BCUT2D eigenvalue weighted by Gasteiger charge is 2.18. The zero-order valence-corrected chi connectivity index (χ0v) is 14.9. The first-order valence-corrected chi connectivity index (χ1v) is 8.16. The fourth-order valence-corrected chi connectivity index (χ4v) is 2.17. The summed E-state index contributed by atoms with van der Waals surface area (Å²) in [6, 6.07) is 13.8. The highest BCUT2D eigenvalue weighted by Crippen LogP contribution is 2.16. The van der Waals surface area contributed by atoms with Crippen molar-refractivity contribution in [3.05, 3.63) is 59.7 Å². The van der Waals surface area contributed by atoms with Gasteiger partial charge < -0.3 is 14.8 Å². The molecule has 0 radical (unpaired) electrons. The largest absolute Gasteiger partial charge is 0.482 e. The van der Waals surface area contributed by atoms with Crippen LogP contribution in [0.2, 0.25) is 0 Å². The van der Waals surface area contributed by atoms with Crippen LogP contribution in [0, 0.1) is 6.92 Å². The molecule has 0 aliphatic heterocycles. The average Bonchev–Trinajstić information content (AvgIpc) is 2.61. The maximum absolute atomic E-state index is 12.1. The van der Waals surface area contributed by atoms with E-state index < -0.39 is 18.0 Å². The van der Waals surface area contributed by atoms with Gasteiger partial charge in [0.25, 0.3) is 5.91 Å². The van der Waals surface area contributed by atoms with Gasteiger partial charge in [-0.2, -0.15) is 0 Å². The monoisotopic (exact) mass is 355 g/mol. The van der Waals surface area contributed by atoms with Crippen LogP contribution in [-0.4, -0.2) is 30.4 Å². The summed E-state index contributed by atoms with van der Waals surface area (Å²) in [6.07, 6.45) is -0.976. The lowest BCUT2D eigenvalue weighted by molar-refractivity contribution is -0.155. The second-order valence-corrected chi connectivity index (χ2v) is 5.81. The van der Waals surface area contributed by atoms with E-state index in [0.29, 0.717) is 17.0 Å². The molecule has 2 aromatic carbocycles. The van der Waals surface area contributed by atoms with E-state index in [-0.39, 0.29) is 12.4 Å². The first kappa shape index (κ1) is 19.2. The normalized spacial score (nSPS) is 11.3. The van der Waals surface area contributed by atoms with Crippen molar-refractivity contribution in [2.75, 3.05) is 11.9 Å². The minimum absolute atomic E-state index is 0.0566. The van der Waals surface area contributed by atoms with Crippen molar-refractivity contribution in [3.8, 4) is 5.75 Å². The molecule has 1 unspecified atom stereocenters. The van der Waals surface area contributed by atoms with Crippen molar-refractivity contribution in [1.29, 1.82) is 0 Å². The Kier molecular flexibility index (Phi) is 6.49. The molecule has 0 saturated carbocycles. The van der Waals surface area contributed by atoms with Crippen molar-refractivity contribution < 1.29 is 23.9 Å². The number of para-hydroxylation sites is 1. The van der Waals surface area contributed by atoms with Gasteiger partial charge in [-0.3, -0.25) is 9.59 Å². The van der Waals surface area contributed by atoms with Gasteiger partial charge in [0.2, 0.25) is 0 Å². The van der Waals surface area contributed by atoms with E-state index in [0.717, 1.165) is 5.56 Å². The molecule has 1 amide bonds. The first-order chi connectivity index (χ1) is 12.4. The van der Waals surface area contributed by atoms with Crippen LogP contribution in [0.1, 0.15) is 29.8 Å². The number of amides is 1. The zero-order chi connectivity index (χ0) is 19.1. The van der Waals surface area contributed by atoms with Crippen LogP contribution in [0.4, 0.5) is 5.69 Å². The highest BCUT2D eigenvalue weighted by atomic mass is 16.6. The molecule has 26 heavy (non-hydrogen) atoms. The quantitative estimate of drug-likeness (QED) is 0.609. The lowest BCUT2D eigenvalue weighted by Crippen LogP contribution is -2.31. The molecule has 0 aromatic heterocycles. The number of rotatable bonds is 7. The summed E-state index contributed by atoms with van der Waals surface area (Å²) in [5.41, 5.74) is 1.97. The molecule has 0 fully saturated rings. The van der Waals surface area contributed by atoms with E-state index in [9.17, 15) is 14.4 Å². The number of ketones is 1. The smallest absolute Gasteiger partial charge is 0.344 e. The van der Waals surface area contributed by atoms with Gasteiger partial charge >= 0.3 is 5.97 Å². The van der Waals surface area contributed by atoms with Gasteiger partial charge in [-0.25, -0.2) is 4.79 Å². The van der Waals surface area contributed by atoms with Crippen LogP contribution in [0.25, 0.3) is 0 Å². The standard InChI is InChI=1S/C20H21NO5/c1-13-6-4-5-7-18(13)25-12-19(23)26-15(3)20(24)21-17-10-8-16(9-11-17)14(2)22/h4-11,15H,12H2,1-3H3,(H,21,24). The van der Waals surface area contributed by atoms with Gasteiger partial charge in [0.05, 0.1) is 0 Å². The molecule has 0 aliphatic carbocycles. The Bertz CT molecular complexity index is 798. The van der Waals surface area contributed by atoms with E-state index in [1.165, 1.54) is 13.8 Å². The fourth-order valence-electron chi connectivity index (χ4n) is 2.17. The number of esters is 1. The Balaban J connectivity index is 1.83. The molecule has 2 rings (SSSR count). The Hall–Kier alpha value is -3.15. The molecule has 136 valence electrons. The molecule has 0 spiro atoms. The van der Waals surface area contributed by atoms with Gasteiger partial charge in [0, 0.05) is 11.3 Å². The van der Waals surface area contributed by atoms with Crippen molar-refractivity contribution in [1.82, 2.24) is 0 Å². The number of aryl methyl sites for hydroxylation is 1. The second kappa shape index (κ2) is 8.80. The van der Waals surface area contributed by atoms with Crippen LogP contribution >= 0.6 is 0 Å². The highest BCUT2D eigenvalue weighted by molar-refractivity contribution is 5.97. The molecular weight excluding hydrogens is 334 g/mol. The molecule has 0 heterocycles. The molecule has 0 aliphatic rings. The Labute approximate surface area is 152 Å². The predicted octanol–water partition coefficient (Wildman–Crippen LogP) is 3.15. The molecule has 0 bridgehead atoms. The fraction of sp³-hybridized carbons (Fsp3) is 0.250. The van der Waals surface area contributed by atoms with Crippen molar-refractivity contribution >= 4 is 23.3 Å². The van der Waals surface area contributed by atoms with Gasteiger partial charge in [0.1, 0.15) is 5.75 Å². The van der Waals surface area contributed by atoms with Gasteiger partial charge in [-0.1, -0.05) is 18.2 Å². The molecule has 1 atom stereocenters. The molecule has 1 N–H and O–H groups in total. The predicted molar refractivity (Wildman–Crippen MR) is 97.3 cm³/mol. The summed E-state index contributed by atoms with van der Waals surface area (Å²) >= 11 is 0. The third kappa shape index (κ3) is 5.44. The number of hydrogen-bond acceptors (Lipinski definition) is 5. The van der Waals surface area contributed by atoms with Crippen LogP contribution < -0.4 is 10.1 Å². The van der Waals surface area contributed by atoms with E-state index in [1.807, 2.05) is 19.1 Å². The molecule has 0 saturated heterocycles. The van der Waals surface area contributed by atoms with E-state index >= 15 is 0 Å². The van der Waals surface area contributed by atoms with Crippen LogP contribution in [0.5, 0.6) is 5.75 Å². The van der Waals surface area contributed by atoms with Crippen molar-refractivity contribution in [3.63, 3.8) is 0 Å². The first-order valence-electron chi connectivity index (χ1n) is 8.16. The molecule has 2 aromatic rings. The van der Waals surface area contributed by atoms with E-state index in [2.05, 4.69) is 5.32 Å². The third-order valence-corrected chi connectivity index (χ3v) is 3.68. The number of ether oxygens (including phenoxy) is 2. The summed E-state index contributed by atoms with van der Waals surface area (Å²) in [5, 5.41) is 2.63. The lowest BCUT2D eigenvalue weighted by atomic mass is 10.1. The Morgan fingerprint density at radius 3 is 2.31 bits per heavy atom. The number of anilines is 1. The number of benzene rings is 2. The zero-order valence-electron chi connectivity index (χ0n) is 14.9. The number of Topliss-reactive ketones (excluding diaryl/α,β-unsaturated/α-hetero) is 1. The summed E-state index contributed by atoms with van der Waals surface area (Å²) in [7, 11) is 0. The summed E-state index contributed by atoms with van der Waals surface area (Å²) in [6.45, 7) is 4.53. The summed E-state index contributed by atoms with van der Waals surface area (Å²) in [5.74, 6) is -0.571. The number of carbonyl (C=O) groups excluding carboxylic acids is 3. The van der Waals surface area contributed by atoms with Crippen LogP contribution in [0.3, 0.4) is 0 Å². The van der Waals surface area contributed by atoms with E-state index in [1.54, 1.807) is 36.4 Å². The van der Waals surface area contributed by atoms with Gasteiger partial charge in [0.15, 0.2) is 18.5 Å². The van der Waals surface area contributed by atoms with Gasteiger partial charge in [-0.15, -0.1) is 0 Å². The second-order valence-electron chi connectivity index (χ2n) is 5.81. The van der Waals surface area contributed by atoms with E-state index in [4.69, 9.17) is 9.47 Å². The summed E-state index contributed by atoms with van der Waals surface area (Å²) in [4.78, 5) is 35.2. The van der Waals surface area contributed by atoms with Crippen molar-refractivity contribution in [2.45, 2.75) is 26.9 Å². The number of hydrogen-bond donors (Lipinski definition) is 1. The maximum atomic E-state index is 12.1. The number of carbonyl (C=O) groups is 3. The lowest BCUT2D eigenvalue weighted by Gasteiger charge is -2.14. The molecule has 6 nitrogen and oxygen atoms in total. The van der Waals surface area contributed by atoms with Crippen molar-refractivity contribution in [2.24, 2.45) is 0 Å². The Morgan fingerprint density at radius 2 is 1.69 bits per heavy atom. The summed E-state index contributed by atoms with van der Waals surface area (Å²) < 4.78 is 10.5. The Morgan fingerprint density at radius 1 is 1.04 bits per heavy atom. The molecular formula is C20H21NO5. The molecule has 6 heteroatoms. The minimum atomic E-state index is -0.976. The minimum Gasteiger partial charge on any atom is -0.482 e.